The van der Waals surface area contributed by atoms with Crippen LogP contribution in [0.2, 0.25) is 0 Å². The molecule has 0 saturated carbocycles. The summed E-state index contributed by atoms with van der Waals surface area (Å²) >= 11 is 3.14. The van der Waals surface area contributed by atoms with E-state index in [0.29, 0.717) is 16.1 Å². The Hall–Kier alpha value is -1.67. The maximum atomic E-state index is 11.9. The average molecular weight is 327 g/mol. The number of nitrogens with zero attached hydrogens (tertiary/aromatic N) is 2. The topological polar surface area (TPSA) is 93.2 Å². The second-order valence-corrected chi connectivity index (χ2v) is 4.88. The van der Waals surface area contributed by atoms with Crippen molar-refractivity contribution in [3.63, 3.8) is 0 Å². The lowest BCUT2D eigenvalue weighted by Gasteiger charge is -2.02. The van der Waals surface area contributed by atoms with Gasteiger partial charge in [0.25, 0.3) is 5.91 Å². The molecule has 19 heavy (non-hydrogen) atoms. The second kappa shape index (κ2) is 5.14. The smallest absolute Gasteiger partial charge is 0.322 e. The Morgan fingerprint density at radius 2 is 2.42 bits per heavy atom. The van der Waals surface area contributed by atoms with E-state index in [0.717, 1.165) is 19.4 Å². The molecule has 1 aliphatic heterocycles. The summed E-state index contributed by atoms with van der Waals surface area (Å²) in [4.78, 5) is 11.9. The van der Waals surface area contributed by atoms with Crippen LogP contribution in [0.25, 0.3) is 0 Å². The van der Waals surface area contributed by atoms with Crippen molar-refractivity contribution in [2.24, 2.45) is 0 Å². The second-order valence-electron chi connectivity index (χ2n) is 4.16. The van der Waals surface area contributed by atoms with Gasteiger partial charge in [-0.2, -0.15) is 0 Å². The molecule has 1 aliphatic rings. The SMILES string of the molecule is O=C(Nc1nnc(C2CCCN2)o1)c1ccoc1Br. The lowest BCUT2D eigenvalue weighted by Crippen LogP contribution is -2.13. The zero-order chi connectivity index (χ0) is 13.2. The summed E-state index contributed by atoms with van der Waals surface area (Å²) in [6.07, 6.45) is 3.46. The van der Waals surface area contributed by atoms with Crippen LogP contribution >= 0.6 is 15.9 Å². The average Bonchev–Trinajstić information content (AvgIpc) is 3.07. The quantitative estimate of drug-likeness (QED) is 0.897. The molecule has 2 aromatic rings. The number of furan rings is 1. The first-order chi connectivity index (χ1) is 9.24. The number of hydrogen-bond donors (Lipinski definition) is 2. The minimum absolute atomic E-state index is 0.0822. The number of carbonyl (C=O) groups excluding carboxylic acids is 1. The summed E-state index contributed by atoms with van der Waals surface area (Å²) in [7, 11) is 0. The predicted octanol–water partition coefficient (Wildman–Crippen LogP) is 2.10. The highest BCUT2D eigenvalue weighted by molar-refractivity contribution is 9.10. The minimum atomic E-state index is -0.366. The summed E-state index contributed by atoms with van der Waals surface area (Å²) in [5.74, 6) is 0.134. The van der Waals surface area contributed by atoms with E-state index >= 15 is 0 Å². The van der Waals surface area contributed by atoms with E-state index in [1.54, 1.807) is 6.07 Å². The number of hydrogen-bond acceptors (Lipinski definition) is 6. The van der Waals surface area contributed by atoms with Crippen molar-refractivity contribution >= 4 is 27.9 Å². The van der Waals surface area contributed by atoms with Crippen LogP contribution in [0.3, 0.4) is 0 Å². The summed E-state index contributed by atoms with van der Waals surface area (Å²) in [5, 5.41) is 13.5. The Kier molecular flexibility index (Phi) is 3.34. The van der Waals surface area contributed by atoms with Gasteiger partial charge >= 0.3 is 6.01 Å². The van der Waals surface area contributed by atoms with Crippen molar-refractivity contribution in [3.8, 4) is 0 Å². The van der Waals surface area contributed by atoms with Gasteiger partial charge in [-0.1, -0.05) is 5.10 Å². The molecule has 3 heterocycles. The Morgan fingerprint density at radius 3 is 3.11 bits per heavy atom. The molecule has 8 heteroatoms. The molecular formula is C11H11BrN4O3. The molecule has 1 unspecified atom stereocenters. The van der Waals surface area contributed by atoms with Crippen LogP contribution in [0.1, 0.15) is 35.1 Å². The monoisotopic (exact) mass is 326 g/mol. The number of amides is 1. The van der Waals surface area contributed by atoms with Gasteiger partial charge in [-0.05, 0) is 41.4 Å². The van der Waals surface area contributed by atoms with Crippen molar-refractivity contribution in [2.75, 3.05) is 11.9 Å². The molecule has 7 nitrogen and oxygen atoms in total. The number of nitrogens with one attached hydrogen (secondary N) is 2. The predicted molar refractivity (Wildman–Crippen MR) is 68.6 cm³/mol. The van der Waals surface area contributed by atoms with E-state index in [4.69, 9.17) is 8.83 Å². The minimum Gasteiger partial charge on any atom is -0.457 e. The molecule has 1 amide bonds. The van der Waals surface area contributed by atoms with Gasteiger partial charge in [-0.3, -0.25) is 10.1 Å². The molecule has 1 fully saturated rings. The molecule has 0 aliphatic carbocycles. The van der Waals surface area contributed by atoms with Crippen molar-refractivity contribution in [2.45, 2.75) is 18.9 Å². The number of anilines is 1. The number of aromatic nitrogens is 2. The largest absolute Gasteiger partial charge is 0.457 e. The van der Waals surface area contributed by atoms with Crippen LogP contribution in [-0.4, -0.2) is 22.6 Å². The fourth-order valence-electron chi connectivity index (χ4n) is 1.94. The number of halogens is 1. The van der Waals surface area contributed by atoms with E-state index < -0.39 is 0 Å². The molecule has 3 rings (SSSR count). The van der Waals surface area contributed by atoms with Crippen molar-refractivity contribution in [1.29, 1.82) is 0 Å². The van der Waals surface area contributed by atoms with E-state index in [-0.39, 0.29) is 18.0 Å². The van der Waals surface area contributed by atoms with Crippen LogP contribution in [0, 0.1) is 0 Å². The molecule has 100 valence electrons. The van der Waals surface area contributed by atoms with E-state index in [9.17, 15) is 4.79 Å². The molecule has 1 saturated heterocycles. The Bertz CT molecular complexity index is 588. The van der Waals surface area contributed by atoms with Crippen molar-refractivity contribution in [1.82, 2.24) is 15.5 Å². The van der Waals surface area contributed by atoms with Crippen molar-refractivity contribution < 1.29 is 13.6 Å². The molecule has 0 aromatic carbocycles. The zero-order valence-corrected chi connectivity index (χ0v) is 11.4. The van der Waals surface area contributed by atoms with Gasteiger partial charge in [0, 0.05) is 0 Å². The first kappa shape index (κ1) is 12.4. The fourth-order valence-corrected chi connectivity index (χ4v) is 2.36. The molecule has 1 atom stereocenters. The van der Waals surface area contributed by atoms with Crippen LogP contribution in [0.15, 0.2) is 25.8 Å². The van der Waals surface area contributed by atoms with Gasteiger partial charge in [0.15, 0.2) is 4.67 Å². The molecule has 2 N–H and O–H groups in total. The van der Waals surface area contributed by atoms with Crippen LogP contribution in [0.5, 0.6) is 0 Å². The standard InChI is InChI=1S/C11H11BrN4O3/c12-8-6(3-5-18-8)9(17)14-11-16-15-10(19-11)7-2-1-4-13-7/h3,5,7,13H,1-2,4H2,(H,14,16,17). The molecule has 0 radical (unpaired) electrons. The third-order valence-electron chi connectivity index (χ3n) is 2.88. The van der Waals surface area contributed by atoms with Gasteiger partial charge in [0.05, 0.1) is 17.9 Å². The maximum Gasteiger partial charge on any atom is 0.322 e. The van der Waals surface area contributed by atoms with Crippen LogP contribution in [-0.2, 0) is 0 Å². The van der Waals surface area contributed by atoms with Gasteiger partial charge in [-0.15, -0.1) is 5.10 Å². The number of rotatable bonds is 3. The van der Waals surface area contributed by atoms with Gasteiger partial charge in [0.2, 0.25) is 5.89 Å². The van der Waals surface area contributed by atoms with Crippen LogP contribution < -0.4 is 10.6 Å². The van der Waals surface area contributed by atoms with Gasteiger partial charge in [0.1, 0.15) is 0 Å². The Morgan fingerprint density at radius 1 is 1.53 bits per heavy atom. The molecule has 2 aromatic heterocycles. The third kappa shape index (κ3) is 2.54. The molecule has 0 spiro atoms. The first-order valence-electron chi connectivity index (χ1n) is 5.85. The summed E-state index contributed by atoms with van der Waals surface area (Å²) in [6.45, 7) is 0.941. The summed E-state index contributed by atoms with van der Waals surface area (Å²) in [6, 6.07) is 1.72. The van der Waals surface area contributed by atoms with Gasteiger partial charge in [-0.25, -0.2) is 0 Å². The Labute approximate surface area is 116 Å². The Balaban J connectivity index is 1.70. The highest BCUT2D eigenvalue weighted by atomic mass is 79.9. The summed E-state index contributed by atoms with van der Waals surface area (Å²) < 4.78 is 10.8. The maximum absolute atomic E-state index is 11.9. The first-order valence-corrected chi connectivity index (χ1v) is 6.64. The highest BCUT2D eigenvalue weighted by Crippen LogP contribution is 2.23. The molecule has 0 bridgehead atoms. The lowest BCUT2D eigenvalue weighted by atomic mass is 10.2. The summed E-state index contributed by atoms with van der Waals surface area (Å²) in [5.41, 5.74) is 0.374. The zero-order valence-electron chi connectivity index (χ0n) is 9.85. The van der Waals surface area contributed by atoms with Crippen molar-refractivity contribution in [3.05, 3.63) is 28.5 Å². The van der Waals surface area contributed by atoms with Gasteiger partial charge < -0.3 is 14.2 Å². The highest BCUT2D eigenvalue weighted by Gasteiger charge is 2.23. The van der Waals surface area contributed by atoms with E-state index in [2.05, 4.69) is 36.8 Å². The normalized spacial score (nSPS) is 18.7. The third-order valence-corrected chi connectivity index (χ3v) is 3.50. The van der Waals surface area contributed by atoms with E-state index in [1.165, 1.54) is 6.26 Å². The fraction of sp³-hybridized carbons (Fsp3) is 0.364. The molecular weight excluding hydrogens is 316 g/mol. The van der Waals surface area contributed by atoms with E-state index in [1.807, 2.05) is 0 Å². The van der Waals surface area contributed by atoms with Crippen LogP contribution in [0.4, 0.5) is 6.01 Å². The number of carbonyl (C=O) groups is 1. The lowest BCUT2D eigenvalue weighted by molar-refractivity contribution is 0.102.